The molecule has 4 rings (SSSR count). The van der Waals surface area contributed by atoms with E-state index in [9.17, 15) is 4.79 Å². The lowest BCUT2D eigenvalue weighted by Crippen LogP contribution is -2.46. The number of carbonyl (C=O) groups is 1. The molecular formula is C25H32N2O4. The van der Waals surface area contributed by atoms with Crippen LogP contribution in [0.4, 0.5) is 0 Å². The van der Waals surface area contributed by atoms with Gasteiger partial charge in [0.2, 0.25) is 0 Å². The van der Waals surface area contributed by atoms with Crippen LogP contribution in [0.2, 0.25) is 0 Å². The molecule has 0 unspecified atom stereocenters. The SMILES string of the molecule is CN(C)C1(c2ccccc2)CCC(Oc2cccc(O[C@@H]3CN[C@H](C(=O)O)C3)c2)CC1. The normalized spacial score (nSPS) is 28.4. The van der Waals surface area contributed by atoms with Crippen LogP contribution in [0.15, 0.2) is 54.6 Å². The minimum Gasteiger partial charge on any atom is -0.490 e. The van der Waals surface area contributed by atoms with Crippen LogP contribution in [0.3, 0.4) is 0 Å². The Morgan fingerprint density at radius 1 is 1.00 bits per heavy atom. The van der Waals surface area contributed by atoms with Crippen LogP contribution in [0.5, 0.6) is 11.5 Å². The topological polar surface area (TPSA) is 71.0 Å². The Kier molecular flexibility index (Phi) is 6.49. The van der Waals surface area contributed by atoms with Gasteiger partial charge in [-0.1, -0.05) is 36.4 Å². The van der Waals surface area contributed by atoms with E-state index in [1.165, 1.54) is 5.56 Å². The predicted molar refractivity (Wildman–Crippen MR) is 120 cm³/mol. The second-order valence-electron chi connectivity index (χ2n) is 8.86. The molecule has 0 aromatic heterocycles. The third-order valence-electron chi connectivity index (χ3n) is 6.73. The van der Waals surface area contributed by atoms with Crippen molar-refractivity contribution >= 4 is 5.97 Å². The molecule has 2 fully saturated rings. The van der Waals surface area contributed by atoms with E-state index in [2.05, 4.69) is 54.6 Å². The Hall–Kier alpha value is -2.57. The average Bonchev–Trinajstić information content (AvgIpc) is 3.24. The van der Waals surface area contributed by atoms with Crippen LogP contribution in [-0.4, -0.2) is 54.9 Å². The van der Waals surface area contributed by atoms with Crippen molar-refractivity contribution in [1.82, 2.24) is 10.2 Å². The smallest absolute Gasteiger partial charge is 0.320 e. The molecule has 1 aliphatic carbocycles. The van der Waals surface area contributed by atoms with Crippen LogP contribution < -0.4 is 14.8 Å². The van der Waals surface area contributed by atoms with E-state index in [-0.39, 0.29) is 17.7 Å². The van der Waals surface area contributed by atoms with Gasteiger partial charge in [0.15, 0.2) is 0 Å². The van der Waals surface area contributed by atoms with Crippen LogP contribution in [0.25, 0.3) is 0 Å². The van der Waals surface area contributed by atoms with Crippen molar-refractivity contribution in [3.8, 4) is 11.5 Å². The lowest BCUT2D eigenvalue weighted by molar-refractivity contribution is -0.139. The minimum absolute atomic E-state index is 0.0578. The first-order chi connectivity index (χ1) is 15.0. The van der Waals surface area contributed by atoms with E-state index in [4.69, 9.17) is 14.6 Å². The molecule has 1 heterocycles. The first-order valence-corrected chi connectivity index (χ1v) is 11.1. The number of carboxylic acids is 1. The first kappa shape index (κ1) is 21.7. The maximum Gasteiger partial charge on any atom is 0.320 e. The van der Waals surface area contributed by atoms with E-state index in [1.807, 2.05) is 24.3 Å². The van der Waals surface area contributed by atoms with Gasteiger partial charge in [-0.05, 0) is 57.5 Å². The lowest BCUT2D eigenvalue weighted by Gasteiger charge is -2.45. The molecule has 1 saturated heterocycles. The van der Waals surface area contributed by atoms with Crippen molar-refractivity contribution < 1.29 is 19.4 Å². The third kappa shape index (κ3) is 4.86. The summed E-state index contributed by atoms with van der Waals surface area (Å²) >= 11 is 0. The van der Waals surface area contributed by atoms with Crippen molar-refractivity contribution in [2.75, 3.05) is 20.6 Å². The molecule has 0 spiro atoms. The van der Waals surface area contributed by atoms with Gasteiger partial charge >= 0.3 is 5.97 Å². The summed E-state index contributed by atoms with van der Waals surface area (Å²) in [6.45, 7) is 0.538. The van der Waals surface area contributed by atoms with Crippen molar-refractivity contribution in [2.45, 2.75) is 55.9 Å². The second kappa shape index (κ2) is 9.28. The number of rotatable bonds is 7. The van der Waals surface area contributed by atoms with E-state index >= 15 is 0 Å². The van der Waals surface area contributed by atoms with Crippen molar-refractivity contribution in [3.63, 3.8) is 0 Å². The van der Waals surface area contributed by atoms with E-state index in [0.717, 1.165) is 37.2 Å². The number of benzene rings is 2. The Labute approximate surface area is 184 Å². The van der Waals surface area contributed by atoms with E-state index < -0.39 is 12.0 Å². The molecule has 2 N–H and O–H groups in total. The second-order valence-corrected chi connectivity index (χ2v) is 8.86. The quantitative estimate of drug-likeness (QED) is 0.707. The Balaban J connectivity index is 1.36. The van der Waals surface area contributed by atoms with Crippen molar-refractivity contribution in [1.29, 1.82) is 0 Å². The summed E-state index contributed by atoms with van der Waals surface area (Å²) in [6, 6.07) is 17.9. The van der Waals surface area contributed by atoms with Gasteiger partial charge in [0.1, 0.15) is 23.6 Å². The summed E-state index contributed by atoms with van der Waals surface area (Å²) in [5.41, 5.74) is 1.43. The molecule has 31 heavy (non-hydrogen) atoms. The Morgan fingerprint density at radius 3 is 2.23 bits per heavy atom. The fourth-order valence-electron chi connectivity index (χ4n) is 4.92. The van der Waals surface area contributed by atoms with Gasteiger partial charge < -0.3 is 19.9 Å². The summed E-state index contributed by atoms with van der Waals surface area (Å²) in [5.74, 6) is 0.697. The summed E-state index contributed by atoms with van der Waals surface area (Å²) in [4.78, 5) is 13.5. The van der Waals surface area contributed by atoms with Crippen molar-refractivity contribution in [3.05, 3.63) is 60.2 Å². The molecule has 6 heteroatoms. The number of ether oxygens (including phenoxy) is 2. The van der Waals surface area contributed by atoms with Crippen LogP contribution in [-0.2, 0) is 10.3 Å². The van der Waals surface area contributed by atoms with Gasteiger partial charge in [-0.2, -0.15) is 0 Å². The molecule has 2 aliphatic rings. The van der Waals surface area contributed by atoms with Gasteiger partial charge in [-0.25, -0.2) is 0 Å². The largest absolute Gasteiger partial charge is 0.490 e. The molecule has 1 aliphatic heterocycles. The molecule has 2 atom stereocenters. The number of nitrogens with one attached hydrogen (secondary N) is 1. The molecule has 1 saturated carbocycles. The highest BCUT2D eigenvalue weighted by atomic mass is 16.5. The molecular weight excluding hydrogens is 392 g/mol. The van der Waals surface area contributed by atoms with Crippen molar-refractivity contribution in [2.24, 2.45) is 0 Å². The summed E-state index contributed by atoms with van der Waals surface area (Å²) in [7, 11) is 4.34. The molecule has 0 bridgehead atoms. The van der Waals surface area contributed by atoms with Gasteiger partial charge in [0.05, 0.1) is 6.10 Å². The van der Waals surface area contributed by atoms with Crippen LogP contribution >= 0.6 is 0 Å². The average molecular weight is 425 g/mol. The maximum atomic E-state index is 11.1. The molecule has 0 amide bonds. The standard InChI is InChI=1S/C25H32N2O4/c1-27(2)25(18-7-4-3-5-8-18)13-11-19(12-14-25)30-20-9-6-10-21(15-20)31-22-16-23(24(28)29)26-17-22/h3-10,15,19,22-23,26H,11-14,16-17H2,1-2H3,(H,28,29)/t19?,22-,23-,25?/m0/s1. The highest BCUT2D eigenvalue weighted by Crippen LogP contribution is 2.42. The van der Waals surface area contributed by atoms with Gasteiger partial charge in [0, 0.05) is 24.6 Å². The van der Waals surface area contributed by atoms with Gasteiger partial charge in [-0.15, -0.1) is 0 Å². The minimum atomic E-state index is -0.829. The summed E-state index contributed by atoms with van der Waals surface area (Å²) in [6.07, 6.45) is 4.59. The zero-order valence-corrected chi connectivity index (χ0v) is 18.3. The molecule has 6 nitrogen and oxygen atoms in total. The molecule has 0 radical (unpaired) electrons. The number of hydrogen-bond donors (Lipinski definition) is 2. The molecule has 2 aromatic rings. The van der Waals surface area contributed by atoms with Crippen LogP contribution in [0, 0.1) is 0 Å². The highest BCUT2D eigenvalue weighted by molar-refractivity contribution is 5.73. The van der Waals surface area contributed by atoms with Gasteiger partial charge in [0.25, 0.3) is 0 Å². The fourth-order valence-corrected chi connectivity index (χ4v) is 4.92. The number of nitrogens with zero attached hydrogens (tertiary/aromatic N) is 1. The third-order valence-corrected chi connectivity index (χ3v) is 6.73. The Morgan fingerprint density at radius 2 is 1.65 bits per heavy atom. The monoisotopic (exact) mass is 424 g/mol. The van der Waals surface area contributed by atoms with Gasteiger partial charge in [-0.3, -0.25) is 9.69 Å². The molecule has 2 aromatic carbocycles. The maximum absolute atomic E-state index is 11.1. The number of aliphatic carboxylic acids is 1. The predicted octanol–water partition coefficient (Wildman–Crippen LogP) is 3.66. The molecule has 166 valence electrons. The summed E-state index contributed by atoms with van der Waals surface area (Å²) in [5, 5.41) is 12.1. The summed E-state index contributed by atoms with van der Waals surface area (Å²) < 4.78 is 12.3. The van der Waals surface area contributed by atoms with E-state index in [0.29, 0.717) is 13.0 Å². The van der Waals surface area contributed by atoms with Crippen LogP contribution in [0.1, 0.15) is 37.7 Å². The number of carboxylic acid groups (broad SMARTS) is 1. The Bertz CT molecular complexity index is 878. The fraction of sp³-hybridized carbons (Fsp3) is 0.480. The zero-order chi connectivity index (χ0) is 21.8. The lowest BCUT2D eigenvalue weighted by atomic mass is 9.74. The van der Waals surface area contributed by atoms with E-state index in [1.54, 1.807) is 0 Å². The number of hydrogen-bond acceptors (Lipinski definition) is 5. The zero-order valence-electron chi connectivity index (χ0n) is 18.3. The first-order valence-electron chi connectivity index (χ1n) is 11.1. The highest BCUT2D eigenvalue weighted by Gasteiger charge is 2.39.